The van der Waals surface area contributed by atoms with E-state index in [0.29, 0.717) is 5.03 Å². The van der Waals surface area contributed by atoms with Crippen LogP contribution in [-0.4, -0.2) is 11.7 Å². The Bertz CT molecular complexity index is 118. The lowest BCUT2D eigenvalue weighted by Gasteiger charge is -1.83. The van der Waals surface area contributed by atoms with Gasteiger partial charge in [-0.3, -0.25) is 4.79 Å². The summed E-state index contributed by atoms with van der Waals surface area (Å²) < 4.78 is 0. The Morgan fingerprint density at radius 1 is 1.75 bits per heavy atom. The number of allylic oxidation sites excluding steroid dienone is 2. The molecular weight excluding hydrogens is 147 g/mol. The van der Waals surface area contributed by atoms with Crippen molar-refractivity contribution in [2.75, 3.05) is 5.88 Å². The third-order valence-corrected chi connectivity index (χ3v) is 1.16. The van der Waals surface area contributed by atoms with Gasteiger partial charge in [-0.1, -0.05) is 11.6 Å². The molecule has 0 aromatic rings. The van der Waals surface area contributed by atoms with E-state index in [9.17, 15) is 4.79 Å². The first-order chi connectivity index (χ1) is 3.66. The van der Waals surface area contributed by atoms with Crippen molar-refractivity contribution in [1.29, 1.82) is 0 Å². The molecule has 0 spiro atoms. The number of carbonyl (C=O) groups excluding carboxylic acids is 1. The Labute approximate surface area is 58.3 Å². The van der Waals surface area contributed by atoms with Gasteiger partial charge in [-0.25, -0.2) is 0 Å². The summed E-state index contributed by atoms with van der Waals surface area (Å²) in [6.07, 6.45) is 1.30. The zero-order valence-corrected chi connectivity index (χ0v) is 5.96. The summed E-state index contributed by atoms with van der Waals surface area (Å²) in [5.41, 5.74) is 0. The highest BCUT2D eigenvalue weighted by atomic mass is 35.5. The molecule has 0 saturated heterocycles. The third kappa shape index (κ3) is 4.16. The number of rotatable bonds is 2. The van der Waals surface area contributed by atoms with E-state index >= 15 is 0 Å². The molecule has 8 heavy (non-hydrogen) atoms. The van der Waals surface area contributed by atoms with E-state index in [1.807, 2.05) is 0 Å². The van der Waals surface area contributed by atoms with Gasteiger partial charge in [-0.2, -0.15) is 0 Å². The van der Waals surface area contributed by atoms with Crippen LogP contribution in [0, 0.1) is 0 Å². The first-order valence-corrected chi connectivity index (χ1v) is 3.00. The maximum Gasteiger partial charge on any atom is 0.153 e. The van der Waals surface area contributed by atoms with Gasteiger partial charge in [0.15, 0.2) is 5.78 Å². The quantitative estimate of drug-likeness (QED) is 0.437. The van der Waals surface area contributed by atoms with Crippen LogP contribution in [0.2, 0.25) is 0 Å². The molecule has 0 aromatic carbocycles. The number of ketones is 1. The molecule has 0 unspecified atom stereocenters. The van der Waals surface area contributed by atoms with Crippen molar-refractivity contribution in [3.8, 4) is 0 Å². The highest BCUT2D eigenvalue weighted by molar-refractivity contribution is 6.36. The number of hydrogen-bond acceptors (Lipinski definition) is 1. The van der Waals surface area contributed by atoms with Gasteiger partial charge in [0.1, 0.15) is 0 Å². The van der Waals surface area contributed by atoms with E-state index in [1.54, 1.807) is 0 Å². The summed E-state index contributed by atoms with van der Waals surface area (Å²) in [6, 6.07) is 0. The fraction of sp³-hybridized carbons (Fsp3) is 0.400. The van der Waals surface area contributed by atoms with Gasteiger partial charge in [-0.05, 0) is 13.0 Å². The first kappa shape index (κ1) is 7.99. The van der Waals surface area contributed by atoms with Gasteiger partial charge >= 0.3 is 0 Å². The van der Waals surface area contributed by atoms with Crippen LogP contribution in [0.25, 0.3) is 0 Å². The van der Waals surface area contributed by atoms with Crippen molar-refractivity contribution in [2.24, 2.45) is 0 Å². The lowest BCUT2D eigenvalue weighted by atomic mass is 10.4. The fourth-order valence-electron chi connectivity index (χ4n) is 0.259. The molecule has 0 fully saturated rings. The molecule has 1 nitrogen and oxygen atoms in total. The lowest BCUT2D eigenvalue weighted by molar-refractivity contribution is -0.112. The van der Waals surface area contributed by atoms with Gasteiger partial charge < -0.3 is 0 Å². The Morgan fingerprint density at radius 2 is 2.25 bits per heavy atom. The minimum absolute atomic E-state index is 0.0735. The highest BCUT2D eigenvalue weighted by Gasteiger charge is 1.89. The van der Waals surface area contributed by atoms with E-state index in [2.05, 4.69) is 0 Å². The molecule has 0 radical (unpaired) electrons. The standard InChI is InChI=1S/C5H6Cl2O/c1-4(8)2-5(7)3-6/h2H,3H2,1H3. The predicted octanol–water partition coefficient (Wildman–Crippen LogP) is 1.94. The lowest BCUT2D eigenvalue weighted by Crippen LogP contribution is -1.83. The van der Waals surface area contributed by atoms with E-state index in [4.69, 9.17) is 23.2 Å². The minimum Gasteiger partial charge on any atom is -0.295 e. The smallest absolute Gasteiger partial charge is 0.153 e. The van der Waals surface area contributed by atoms with Crippen molar-refractivity contribution in [3.63, 3.8) is 0 Å². The monoisotopic (exact) mass is 152 g/mol. The maximum atomic E-state index is 10.2. The predicted molar refractivity (Wildman–Crippen MR) is 35.3 cm³/mol. The van der Waals surface area contributed by atoms with Crippen LogP contribution in [0.4, 0.5) is 0 Å². The molecule has 0 aliphatic rings. The number of hydrogen-bond donors (Lipinski definition) is 0. The zero-order chi connectivity index (χ0) is 6.57. The Balaban J connectivity index is 3.75. The van der Waals surface area contributed by atoms with Gasteiger partial charge in [0.25, 0.3) is 0 Å². The molecule has 3 heteroatoms. The number of alkyl halides is 1. The molecule has 0 atom stereocenters. The average molecular weight is 153 g/mol. The van der Waals surface area contributed by atoms with Gasteiger partial charge in [0.05, 0.1) is 5.88 Å². The zero-order valence-electron chi connectivity index (χ0n) is 4.45. The van der Waals surface area contributed by atoms with Crippen molar-refractivity contribution in [1.82, 2.24) is 0 Å². The topological polar surface area (TPSA) is 17.1 Å². The summed E-state index contributed by atoms with van der Waals surface area (Å²) >= 11 is 10.6. The molecule has 0 saturated carbocycles. The molecule has 0 bridgehead atoms. The van der Waals surface area contributed by atoms with Gasteiger partial charge in [-0.15, -0.1) is 11.6 Å². The molecule has 0 aliphatic carbocycles. The van der Waals surface area contributed by atoms with Crippen LogP contribution >= 0.6 is 23.2 Å². The number of halogens is 2. The van der Waals surface area contributed by atoms with Crippen LogP contribution in [0.15, 0.2) is 11.1 Å². The summed E-state index contributed by atoms with van der Waals surface area (Å²) in [7, 11) is 0. The van der Waals surface area contributed by atoms with Crippen molar-refractivity contribution < 1.29 is 4.79 Å². The molecule has 0 N–H and O–H groups in total. The Hall–Kier alpha value is -0.0100. The second kappa shape index (κ2) is 3.93. The number of carbonyl (C=O) groups is 1. The summed E-state index contributed by atoms with van der Waals surface area (Å²) in [4.78, 5) is 10.2. The van der Waals surface area contributed by atoms with Crippen LogP contribution in [0.5, 0.6) is 0 Å². The molecule has 0 heterocycles. The second-order valence-corrected chi connectivity index (χ2v) is 2.09. The largest absolute Gasteiger partial charge is 0.295 e. The van der Waals surface area contributed by atoms with Crippen LogP contribution < -0.4 is 0 Å². The van der Waals surface area contributed by atoms with E-state index in [1.165, 1.54) is 13.0 Å². The van der Waals surface area contributed by atoms with Crippen molar-refractivity contribution in [3.05, 3.63) is 11.1 Å². The van der Waals surface area contributed by atoms with Crippen LogP contribution in [0.1, 0.15) is 6.92 Å². The average Bonchev–Trinajstić information content (AvgIpc) is 1.65. The van der Waals surface area contributed by atoms with Gasteiger partial charge in [0, 0.05) is 5.03 Å². The molecular formula is C5H6Cl2O. The third-order valence-electron chi connectivity index (χ3n) is 0.488. The first-order valence-electron chi connectivity index (χ1n) is 2.09. The van der Waals surface area contributed by atoms with Crippen molar-refractivity contribution >= 4 is 29.0 Å². The molecule has 0 aliphatic heterocycles. The summed E-state index contributed by atoms with van der Waals surface area (Å²) in [5, 5.41) is 0.388. The highest BCUT2D eigenvalue weighted by Crippen LogP contribution is 2.02. The van der Waals surface area contributed by atoms with E-state index in [-0.39, 0.29) is 11.7 Å². The van der Waals surface area contributed by atoms with Crippen molar-refractivity contribution in [2.45, 2.75) is 6.92 Å². The summed E-state index contributed by atoms with van der Waals surface area (Å²) in [6.45, 7) is 1.43. The maximum absolute atomic E-state index is 10.2. The second-order valence-electron chi connectivity index (χ2n) is 1.34. The van der Waals surface area contributed by atoms with Crippen LogP contribution in [-0.2, 0) is 4.79 Å². The normalized spacial score (nSPS) is 11.6. The van der Waals surface area contributed by atoms with E-state index < -0.39 is 0 Å². The Kier molecular flexibility index (Phi) is 3.92. The summed E-state index contributed by atoms with van der Waals surface area (Å²) in [5.74, 6) is 0.136. The minimum atomic E-state index is -0.0735. The van der Waals surface area contributed by atoms with E-state index in [0.717, 1.165) is 0 Å². The SMILES string of the molecule is CC(=O)C=C(Cl)CCl. The molecule has 0 rings (SSSR count). The van der Waals surface area contributed by atoms with Crippen LogP contribution in [0.3, 0.4) is 0 Å². The Morgan fingerprint density at radius 3 is 2.38 bits per heavy atom. The molecule has 46 valence electrons. The van der Waals surface area contributed by atoms with Gasteiger partial charge in [0.2, 0.25) is 0 Å². The molecule has 0 aromatic heterocycles. The fourth-order valence-corrected chi connectivity index (χ4v) is 0.490. The molecule has 0 amide bonds.